The van der Waals surface area contributed by atoms with Gasteiger partial charge in [-0.1, -0.05) is 36.7 Å². The largest absolute Gasteiger partial charge is 0.375 e. The second-order valence-electron chi connectivity index (χ2n) is 7.07. The Balaban J connectivity index is 1.67. The lowest BCUT2D eigenvalue weighted by atomic mass is 10.1. The molecule has 1 unspecified atom stereocenters. The highest BCUT2D eigenvalue weighted by atomic mass is 35.5. The smallest absolute Gasteiger partial charge is 0.293 e. The van der Waals surface area contributed by atoms with E-state index in [-0.39, 0.29) is 17.2 Å². The Morgan fingerprint density at radius 2 is 2.10 bits per heavy atom. The van der Waals surface area contributed by atoms with Crippen molar-refractivity contribution in [3.63, 3.8) is 0 Å². The van der Waals surface area contributed by atoms with Crippen LogP contribution in [0.25, 0.3) is 0 Å². The van der Waals surface area contributed by atoms with Crippen molar-refractivity contribution < 1.29 is 9.72 Å². The summed E-state index contributed by atoms with van der Waals surface area (Å²) >= 11 is 6.14. The van der Waals surface area contributed by atoms with E-state index in [1.807, 2.05) is 18.2 Å². The van der Waals surface area contributed by atoms with Crippen LogP contribution in [-0.2, 0) is 6.54 Å². The minimum absolute atomic E-state index is 0.138. The van der Waals surface area contributed by atoms with Gasteiger partial charge in [0.2, 0.25) is 0 Å². The van der Waals surface area contributed by atoms with Crippen molar-refractivity contribution in [2.24, 2.45) is 0 Å². The highest BCUT2D eigenvalue weighted by Crippen LogP contribution is 2.27. The molecule has 0 radical (unpaired) electrons. The van der Waals surface area contributed by atoms with Gasteiger partial charge in [-0.3, -0.25) is 19.8 Å². The van der Waals surface area contributed by atoms with Crippen molar-refractivity contribution in [2.75, 3.05) is 25.0 Å². The summed E-state index contributed by atoms with van der Waals surface area (Å²) in [4.78, 5) is 25.9. The molecule has 1 amide bonds. The third kappa shape index (κ3) is 5.25. The highest BCUT2D eigenvalue weighted by Gasteiger charge is 2.24. The summed E-state index contributed by atoms with van der Waals surface area (Å²) < 4.78 is 0. The fraction of sp³-hybridized carbons (Fsp3) is 0.381. The lowest BCUT2D eigenvalue weighted by Gasteiger charge is -2.22. The van der Waals surface area contributed by atoms with E-state index in [1.54, 1.807) is 18.2 Å². The summed E-state index contributed by atoms with van der Waals surface area (Å²) in [5, 5.41) is 18.1. The molecule has 0 spiro atoms. The third-order valence-corrected chi connectivity index (χ3v) is 5.66. The standard InChI is InChI=1S/C21H25ClN4O3/c1-2-25-11-5-7-17(25)14-24-21(27)15-9-10-19(20(12-15)26(28)29)23-13-16-6-3-4-8-18(16)22/h3-4,6,8-10,12,17,23H,2,5,7,11,13-14H2,1H3,(H,24,27). The summed E-state index contributed by atoms with van der Waals surface area (Å²) in [6.07, 6.45) is 2.19. The van der Waals surface area contributed by atoms with Gasteiger partial charge >= 0.3 is 0 Å². The zero-order valence-corrected chi connectivity index (χ0v) is 17.1. The molecule has 29 heavy (non-hydrogen) atoms. The van der Waals surface area contributed by atoms with Crippen molar-refractivity contribution in [1.82, 2.24) is 10.2 Å². The van der Waals surface area contributed by atoms with E-state index in [4.69, 9.17) is 11.6 Å². The number of amides is 1. The molecule has 0 bridgehead atoms. The zero-order valence-electron chi connectivity index (χ0n) is 16.4. The normalized spacial score (nSPS) is 16.6. The average molecular weight is 417 g/mol. The fourth-order valence-electron chi connectivity index (χ4n) is 3.66. The Hall–Kier alpha value is -2.64. The predicted octanol–water partition coefficient (Wildman–Crippen LogP) is 4.07. The number of rotatable bonds is 8. The lowest BCUT2D eigenvalue weighted by molar-refractivity contribution is -0.384. The Bertz CT molecular complexity index is 890. The number of nitrogens with zero attached hydrogens (tertiary/aromatic N) is 2. The molecule has 2 N–H and O–H groups in total. The van der Waals surface area contributed by atoms with Crippen LogP contribution in [0.1, 0.15) is 35.7 Å². The van der Waals surface area contributed by atoms with Gasteiger partial charge in [-0.05, 0) is 49.7 Å². The number of likely N-dealkylation sites (N-methyl/N-ethyl adjacent to an activating group) is 1. The molecule has 1 aliphatic heterocycles. The second kappa shape index (κ2) is 9.71. The number of halogens is 1. The van der Waals surface area contributed by atoms with Crippen LogP contribution in [-0.4, -0.2) is 41.4 Å². The molecule has 3 rings (SSSR count). The van der Waals surface area contributed by atoms with Crippen LogP contribution < -0.4 is 10.6 Å². The van der Waals surface area contributed by atoms with E-state index < -0.39 is 4.92 Å². The molecule has 154 valence electrons. The van der Waals surface area contributed by atoms with Crippen LogP contribution in [0.5, 0.6) is 0 Å². The van der Waals surface area contributed by atoms with E-state index in [1.165, 1.54) is 6.07 Å². The molecule has 1 atom stereocenters. The van der Waals surface area contributed by atoms with Gasteiger partial charge in [0.1, 0.15) is 5.69 Å². The molecule has 1 aliphatic rings. The van der Waals surface area contributed by atoms with Crippen LogP contribution in [0, 0.1) is 10.1 Å². The van der Waals surface area contributed by atoms with Crippen molar-refractivity contribution in [3.8, 4) is 0 Å². The number of carbonyl (C=O) groups is 1. The maximum Gasteiger partial charge on any atom is 0.293 e. The van der Waals surface area contributed by atoms with Gasteiger partial charge in [-0.15, -0.1) is 0 Å². The summed E-state index contributed by atoms with van der Waals surface area (Å²) in [7, 11) is 0. The Labute approximate surface area is 175 Å². The average Bonchev–Trinajstić information content (AvgIpc) is 3.19. The number of nitrogens with one attached hydrogen (secondary N) is 2. The van der Waals surface area contributed by atoms with Crippen molar-refractivity contribution >= 4 is 28.9 Å². The van der Waals surface area contributed by atoms with E-state index in [2.05, 4.69) is 22.5 Å². The number of anilines is 1. The molecular weight excluding hydrogens is 392 g/mol. The van der Waals surface area contributed by atoms with E-state index in [9.17, 15) is 14.9 Å². The Kier molecular flexibility index (Phi) is 7.06. The molecule has 7 nitrogen and oxygen atoms in total. The minimum atomic E-state index is -0.485. The van der Waals surface area contributed by atoms with Gasteiger partial charge in [0.15, 0.2) is 0 Å². The minimum Gasteiger partial charge on any atom is -0.375 e. The van der Waals surface area contributed by atoms with E-state index in [0.29, 0.717) is 29.8 Å². The molecular formula is C21H25ClN4O3. The fourth-order valence-corrected chi connectivity index (χ4v) is 3.86. The van der Waals surface area contributed by atoms with Gasteiger partial charge in [0.25, 0.3) is 11.6 Å². The lowest BCUT2D eigenvalue weighted by Crippen LogP contribution is -2.40. The topological polar surface area (TPSA) is 87.5 Å². The van der Waals surface area contributed by atoms with Gasteiger partial charge in [-0.25, -0.2) is 0 Å². The molecule has 0 saturated carbocycles. The second-order valence-corrected chi connectivity index (χ2v) is 7.48. The first-order valence-corrected chi connectivity index (χ1v) is 10.2. The monoisotopic (exact) mass is 416 g/mol. The number of nitro groups is 1. The van der Waals surface area contributed by atoms with Gasteiger partial charge in [-0.2, -0.15) is 0 Å². The molecule has 1 saturated heterocycles. The molecule has 1 heterocycles. The Morgan fingerprint density at radius 3 is 2.83 bits per heavy atom. The van der Waals surface area contributed by atoms with Crippen LogP contribution in [0.15, 0.2) is 42.5 Å². The SMILES string of the molecule is CCN1CCCC1CNC(=O)c1ccc(NCc2ccccc2Cl)c([N+](=O)[O-])c1. The molecule has 1 fully saturated rings. The molecule has 8 heteroatoms. The van der Waals surface area contributed by atoms with E-state index >= 15 is 0 Å². The number of benzene rings is 2. The number of likely N-dealkylation sites (tertiary alicyclic amines) is 1. The number of carbonyl (C=O) groups excluding carboxylic acids is 1. The number of hydrogen-bond acceptors (Lipinski definition) is 5. The van der Waals surface area contributed by atoms with Crippen LogP contribution >= 0.6 is 11.6 Å². The Morgan fingerprint density at radius 1 is 1.31 bits per heavy atom. The van der Waals surface area contributed by atoms with Crippen molar-refractivity contribution in [1.29, 1.82) is 0 Å². The third-order valence-electron chi connectivity index (χ3n) is 5.29. The summed E-state index contributed by atoms with van der Waals surface area (Å²) in [6.45, 7) is 5.01. The van der Waals surface area contributed by atoms with Crippen LogP contribution in [0.4, 0.5) is 11.4 Å². The zero-order chi connectivity index (χ0) is 20.8. The summed E-state index contributed by atoms with van der Waals surface area (Å²) in [5.41, 5.74) is 1.32. The molecule has 0 aliphatic carbocycles. The molecule has 0 aromatic heterocycles. The first kappa shape index (κ1) is 21.1. The predicted molar refractivity (Wildman–Crippen MR) is 114 cm³/mol. The van der Waals surface area contributed by atoms with Crippen LogP contribution in [0.3, 0.4) is 0 Å². The number of hydrogen-bond donors (Lipinski definition) is 2. The maximum atomic E-state index is 12.5. The highest BCUT2D eigenvalue weighted by molar-refractivity contribution is 6.31. The van der Waals surface area contributed by atoms with Crippen molar-refractivity contribution in [2.45, 2.75) is 32.4 Å². The van der Waals surface area contributed by atoms with Gasteiger partial charge < -0.3 is 10.6 Å². The van der Waals surface area contributed by atoms with Crippen LogP contribution in [0.2, 0.25) is 5.02 Å². The number of nitro benzene ring substituents is 1. The van der Waals surface area contributed by atoms with Gasteiger partial charge in [0, 0.05) is 35.8 Å². The maximum absolute atomic E-state index is 12.5. The molecule has 2 aromatic rings. The first-order chi connectivity index (χ1) is 14.0. The van der Waals surface area contributed by atoms with Crippen molar-refractivity contribution in [3.05, 3.63) is 68.7 Å². The summed E-state index contributed by atoms with van der Waals surface area (Å²) in [6, 6.07) is 12.1. The van der Waals surface area contributed by atoms with E-state index in [0.717, 1.165) is 31.5 Å². The molecule has 2 aromatic carbocycles. The first-order valence-electron chi connectivity index (χ1n) is 9.77. The quantitative estimate of drug-likeness (QED) is 0.500. The van der Waals surface area contributed by atoms with Gasteiger partial charge in [0.05, 0.1) is 4.92 Å². The summed E-state index contributed by atoms with van der Waals surface area (Å²) in [5.74, 6) is -0.297.